The number of ether oxygens (including phenoxy) is 1. The van der Waals surface area contributed by atoms with E-state index >= 15 is 0 Å². The largest absolute Gasteiger partial charge is 0.484 e. The second kappa shape index (κ2) is 6.42. The number of aromatic nitrogens is 2. The molecule has 1 aliphatic heterocycles. The second-order valence-electron chi connectivity index (χ2n) is 6.46. The van der Waals surface area contributed by atoms with E-state index in [1.807, 2.05) is 13.1 Å². The Kier molecular flexibility index (Phi) is 4.12. The number of hydrogen-bond acceptors (Lipinski definition) is 4. The van der Waals surface area contributed by atoms with Gasteiger partial charge in [0.1, 0.15) is 17.7 Å². The molecule has 1 N–H and O–H groups in total. The van der Waals surface area contributed by atoms with Gasteiger partial charge in [0.05, 0.1) is 6.54 Å². The maximum Gasteiger partial charge on any atom is 0.137 e. The van der Waals surface area contributed by atoms with Crippen molar-refractivity contribution in [3.8, 4) is 5.75 Å². The average Bonchev–Trinajstić information content (AvgIpc) is 3.17. The average molecular weight is 339 g/mol. The van der Waals surface area contributed by atoms with E-state index in [0.29, 0.717) is 0 Å². The van der Waals surface area contributed by atoms with Gasteiger partial charge >= 0.3 is 0 Å². The summed E-state index contributed by atoms with van der Waals surface area (Å²) < 4.78 is 6.36. The number of aryl methyl sites for hydroxylation is 2. The fourth-order valence-electron chi connectivity index (χ4n) is 3.19. The van der Waals surface area contributed by atoms with E-state index in [2.05, 4.69) is 56.8 Å². The molecule has 0 aliphatic carbocycles. The minimum Gasteiger partial charge on any atom is -0.484 e. The van der Waals surface area contributed by atoms with Gasteiger partial charge in [-0.2, -0.15) is 11.3 Å². The quantitative estimate of drug-likeness (QED) is 0.776. The maximum atomic E-state index is 6.36. The molecule has 3 heterocycles. The summed E-state index contributed by atoms with van der Waals surface area (Å²) in [5.41, 5.74) is 4.85. The molecule has 0 fully saturated rings. The molecule has 1 unspecified atom stereocenters. The lowest BCUT2D eigenvalue weighted by Gasteiger charge is -2.22. The van der Waals surface area contributed by atoms with Crippen LogP contribution in [-0.4, -0.2) is 21.4 Å². The van der Waals surface area contributed by atoms with Gasteiger partial charge in [0.2, 0.25) is 0 Å². The molecule has 3 aromatic rings. The number of thiophene rings is 1. The lowest BCUT2D eigenvalue weighted by Crippen LogP contribution is -2.28. The first kappa shape index (κ1) is 15.4. The zero-order chi connectivity index (χ0) is 16.5. The van der Waals surface area contributed by atoms with Crippen molar-refractivity contribution in [2.75, 3.05) is 6.54 Å². The van der Waals surface area contributed by atoms with Gasteiger partial charge in [-0.25, -0.2) is 4.98 Å². The molecule has 4 nitrogen and oxygen atoms in total. The van der Waals surface area contributed by atoms with Crippen molar-refractivity contribution in [3.63, 3.8) is 0 Å². The molecule has 5 heteroatoms. The van der Waals surface area contributed by atoms with Crippen molar-refractivity contribution < 1.29 is 4.74 Å². The van der Waals surface area contributed by atoms with Gasteiger partial charge in [-0.1, -0.05) is 17.7 Å². The van der Waals surface area contributed by atoms with Gasteiger partial charge in [0.25, 0.3) is 0 Å². The van der Waals surface area contributed by atoms with E-state index < -0.39 is 0 Å². The second-order valence-corrected chi connectivity index (χ2v) is 7.24. The van der Waals surface area contributed by atoms with Crippen LogP contribution in [0.25, 0.3) is 0 Å². The summed E-state index contributed by atoms with van der Waals surface area (Å²) in [7, 11) is 0. The Balaban J connectivity index is 1.65. The van der Waals surface area contributed by atoms with Gasteiger partial charge in [0, 0.05) is 36.1 Å². The highest BCUT2D eigenvalue weighted by molar-refractivity contribution is 7.07. The van der Waals surface area contributed by atoms with E-state index in [1.54, 1.807) is 11.3 Å². The minimum absolute atomic E-state index is 0.0521. The highest BCUT2D eigenvalue weighted by atomic mass is 32.1. The van der Waals surface area contributed by atoms with Gasteiger partial charge in [-0.3, -0.25) is 4.90 Å². The van der Waals surface area contributed by atoms with Gasteiger partial charge < -0.3 is 9.72 Å². The number of fused-ring (bicyclic) bond motifs is 1. The van der Waals surface area contributed by atoms with Crippen molar-refractivity contribution in [2.45, 2.75) is 33.0 Å². The Bertz CT molecular complexity index is 825. The summed E-state index contributed by atoms with van der Waals surface area (Å²) in [6.07, 6.45) is 1.94. The van der Waals surface area contributed by atoms with Crippen molar-refractivity contribution >= 4 is 11.3 Å². The number of nitrogens with zero attached hydrogens (tertiary/aromatic N) is 2. The van der Waals surface area contributed by atoms with E-state index in [9.17, 15) is 0 Å². The van der Waals surface area contributed by atoms with Crippen LogP contribution in [0.15, 0.2) is 41.2 Å². The number of hydrogen-bond donors (Lipinski definition) is 1. The summed E-state index contributed by atoms with van der Waals surface area (Å²) >= 11 is 1.72. The first-order valence-corrected chi connectivity index (χ1v) is 9.13. The third kappa shape index (κ3) is 3.23. The first-order chi connectivity index (χ1) is 11.7. The lowest BCUT2D eigenvalue weighted by atomic mass is 10.1. The summed E-state index contributed by atoms with van der Waals surface area (Å²) in [5, 5.41) is 4.29. The fraction of sp³-hybridized carbons (Fsp3) is 0.316. The predicted molar refractivity (Wildman–Crippen MR) is 96.3 cm³/mol. The number of imidazole rings is 1. The SMILES string of the molecule is Cc1ccc2c(c1)CN(Cc1ncc(C)[nH]1)CC(c1ccsc1)O2. The normalized spacial score (nSPS) is 18.0. The third-order valence-corrected chi connectivity index (χ3v) is 5.05. The third-order valence-electron chi connectivity index (χ3n) is 4.35. The van der Waals surface area contributed by atoms with Crippen LogP contribution >= 0.6 is 11.3 Å². The zero-order valence-electron chi connectivity index (χ0n) is 14.0. The number of aromatic amines is 1. The molecule has 0 amide bonds. The molecule has 1 aromatic carbocycles. The predicted octanol–water partition coefficient (Wildman–Crippen LogP) is 4.22. The molecule has 0 saturated heterocycles. The van der Waals surface area contributed by atoms with E-state index in [-0.39, 0.29) is 6.10 Å². The van der Waals surface area contributed by atoms with Crippen LogP contribution in [0.5, 0.6) is 5.75 Å². The Morgan fingerprint density at radius 3 is 3.00 bits per heavy atom. The van der Waals surface area contributed by atoms with Gasteiger partial charge in [-0.15, -0.1) is 0 Å². The summed E-state index contributed by atoms with van der Waals surface area (Å²) in [6.45, 7) is 6.68. The number of rotatable bonds is 3. The molecule has 24 heavy (non-hydrogen) atoms. The summed E-state index contributed by atoms with van der Waals surface area (Å²) in [4.78, 5) is 10.2. The number of nitrogens with one attached hydrogen (secondary N) is 1. The van der Waals surface area contributed by atoms with Crippen LogP contribution in [0.4, 0.5) is 0 Å². The molecule has 2 aromatic heterocycles. The van der Waals surface area contributed by atoms with Crippen LogP contribution < -0.4 is 4.74 Å². The molecule has 0 bridgehead atoms. The van der Waals surface area contributed by atoms with E-state index in [1.165, 1.54) is 16.7 Å². The van der Waals surface area contributed by atoms with Crippen LogP contribution in [0, 0.1) is 13.8 Å². The smallest absolute Gasteiger partial charge is 0.137 e. The Hall–Kier alpha value is -2.11. The molecule has 124 valence electrons. The Labute approximate surface area is 146 Å². The molecule has 0 saturated carbocycles. The molecular formula is C19H21N3OS. The summed E-state index contributed by atoms with van der Waals surface area (Å²) in [6, 6.07) is 8.61. The monoisotopic (exact) mass is 339 g/mol. The minimum atomic E-state index is 0.0521. The standard InChI is InChI=1S/C19H21N3OS/c1-13-3-4-17-16(7-13)9-22(11-19-20-8-14(2)21-19)10-18(23-17)15-5-6-24-12-15/h3-8,12,18H,9-11H2,1-2H3,(H,20,21). The maximum absolute atomic E-state index is 6.36. The van der Waals surface area contributed by atoms with Gasteiger partial charge in [-0.05, 0) is 36.7 Å². The Morgan fingerprint density at radius 1 is 1.33 bits per heavy atom. The molecule has 0 radical (unpaired) electrons. The first-order valence-electron chi connectivity index (χ1n) is 8.18. The van der Waals surface area contributed by atoms with E-state index in [4.69, 9.17) is 4.74 Å². The summed E-state index contributed by atoms with van der Waals surface area (Å²) in [5.74, 6) is 2.00. The van der Waals surface area contributed by atoms with Crippen molar-refractivity contribution in [1.29, 1.82) is 0 Å². The number of H-pyrrole nitrogens is 1. The van der Waals surface area contributed by atoms with Crippen molar-refractivity contribution in [3.05, 3.63) is 69.4 Å². The number of benzene rings is 1. The molecule has 0 spiro atoms. The molecule has 4 rings (SSSR count). The highest BCUT2D eigenvalue weighted by Crippen LogP contribution is 2.33. The Morgan fingerprint density at radius 2 is 2.25 bits per heavy atom. The molecule has 1 aliphatic rings. The molecule has 1 atom stereocenters. The fourth-order valence-corrected chi connectivity index (χ4v) is 3.89. The zero-order valence-corrected chi connectivity index (χ0v) is 14.8. The lowest BCUT2D eigenvalue weighted by molar-refractivity contribution is 0.142. The van der Waals surface area contributed by atoms with Crippen molar-refractivity contribution in [1.82, 2.24) is 14.9 Å². The topological polar surface area (TPSA) is 41.2 Å². The highest BCUT2D eigenvalue weighted by Gasteiger charge is 2.25. The molecular weight excluding hydrogens is 318 g/mol. The van der Waals surface area contributed by atoms with E-state index in [0.717, 1.165) is 36.9 Å². The van der Waals surface area contributed by atoms with Gasteiger partial charge in [0.15, 0.2) is 0 Å². The van der Waals surface area contributed by atoms with Crippen LogP contribution in [0.1, 0.15) is 34.3 Å². The van der Waals surface area contributed by atoms with Crippen molar-refractivity contribution in [2.24, 2.45) is 0 Å². The van der Waals surface area contributed by atoms with Crippen LogP contribution in [-0.2, 0) is 13.1 Å². The van der Waals surface area contributed by atoms with Crippen LogP contribution in [0.3, 0.4) is 0 Å². The van der Waals surface area contributed by atoms with Crippen LogP contribution in [0.2, 0.25) is 0 Å².